The predicted molar refractivity (Wildman–Crippen MR) is 143 cm³/mol. The Kier molecular flexibility index (Phi) is 11.7. The smallest absolute Gasteiger partial charge is 0.234 e. The maximum absolute atomic E-state index is 12.0. The van der Waals surface area contributed by atoms with Gasteiger partial charge in [0.05, 0.1) is 13.1 Å². The molecule has 7 nitrogen and oxygen atoms in total. The minimum atomic E-state index is 0. The number of hydrogen-bond donors (Lipinski definition) is 2. The van der Waals surface area contributed by atoms with Gasteiger partial charge in [0, 0.05) is 51.4 Å². The van der Waals surface area contributed by atoms with Crippen LogP contribution in [0.2, 0.25) is 0 Å². The number of nitrogens with zero attached hydrogens (tertiary/aromatic N) is 4. The highest BCUT2D eigenvalue weighted by molar-refractivity contribution is 14.0. The first-order chi connectivity index (χ1) is 15.0. The van der Waals surface area contributed by atoms with Crippen LogP contribution >= 0.6 is 24.0 Å². The highest BCUT2D eigenvalue weighted by Gasteiger charge is 2.26. The van der Waals surface area contributed by atoms with Gasteiger partial charge in [-0.1, -0.05) is 30.3 Å². The number of carbonyl (C=O) groups is 1. The summed E-state index contributed by atoms with van der Waals surface area (Å²) in [5, 5.41) is 6.46. The summed E-state index contributed by atoms with van der Waals surface area (Å²) in [4.78, 5) is 24.2. The molecule has 2 N–H and O–H groups in total. The van der Waals surface area contributed by atoms with E-state index in [4.69, 9.17) is 4.99 Å². The molecule has 2 fully saturated rings. The Labute approximate surface area is 211 Å². The van der Waals surface area contributed by atoms with Crippen molar-refractivity contribution in [1.29, 1.82) is 0 Å². The van der Waals surface area contributed by atoms with Crippen LogP contribution in [0.25, 0.3) is 0 Å². The molecular weight excluding hydrogens is 515 g/mol. The van der Waals surface area contributed by atoms with E-state index in [0.29, 0.717) is 12.6 Å². The van der Waals surface area contributed by atoms with E-state index in [1.807, 2.05) is 13.8 Å². The first-order valence-corrected chi connectivity index (χ1v) is 11.9. The summed E-state index contributed by atoms with van der Waals surface area (Å²) in [6.07, 6.45) is 2.47. The van der Waals surface area contributed by atoms with Crippen molar-refractivity contribution in [2.45, 2.75) is 52.2 Å². The van der Waals surface area contributed by atoms with Crippen LogP contribution in [0.4, 0.5) is 0 Å². The van der Waals surface area contributed by atoms with Crippen LogP contribution in [-0.2, 0) is 11.3 Å². The molecule has 0 aromatic heterocycles. The first kappa shape index (κ1) is 26.9. The second-order valence-corrected chi connectivity index (χ2v) is 8.93. The number of carbonyl (C=O) groups excluding carboxylic acids is 1. The van der Waals surface area contributed by atoms with Gasteiger partial charge < -0.3 is 15.5 Å². The number of piperazine rings is 1. The predicted octanol–water partition coefficient (Wildman–Crippen LogP) is 2.38. The van der Waals surface area contributed by atoms with Crippen molar-refractivity contribution in [2.75, 3.05) is 52.4 Å². The fourth-order valence-electron chi connectivity index (χ4n) is 4.43. The molecule has 3 rings (SSSR count). The van der Waals surface area contributed by atoms with Gasteiger partial charge in [0.2, 0.25) is 5.91 Å². The molecule has 8 heteroatoms. The topological polar surface area (TPSA) is 63.2 Å². The number of amides is 1. The summed E-state index contributed by atoms with van der Waals surface area (Å²) in [5.74, 6) is 1.13. The molecule has 2 aliphatic heterocycles. The molecule has 180 valence electrons. The fraction of sp³-hybridized carbons (Fsp3) is 0.667. The number of hydrogen-bond acceptors (Lipinski definition) is 4. The Balaban J connectivity index is 0.00000363. The molecule has 1 aromatic carbocycles. The van der Waals surface area contributed by atoms with Crippen molar-refractivity contribution < 1.29 is 4.79 Å². The lowest BCUT2D eigenvalue weighted by Crippen LogP contribution is -2.54. The highest BCUT2D eigenvalue weighted by atomic mass is 127. The minimum Gasteiger partial charge on any atom is -0.357 e. The van der Waals surface area contributed by atoms with Crippen LogP contribution in [0.5, 0.6) is 0 Å². The van der Waals surface area contributed by atoms with Crippen molar-refractivity contribution in [3.63, 3.8) is 0 Å². The molecule has 1 atom stereocenters. The molecule has 2 saturated heterocycles. The number of likely N-dealkylation sites (tertiary alicyclic amines) is 1. The molecule has 0 saturated carbocycles. The molecule has 2 aliphatic rings. The molecule has 2 heterocycles. The minimum absolute atomic E-state index is 0. The van der Waals surface area contributed by atoms with Crippen LogP contribution in [0.3, 0.4) is 0 Å². The number of halogens is 1. The molecular formula is C24H41IN6O. The van der Waals surface area contributed by atoms with Gasteiger partial charge in [-0.25, -0.2) is 0 Å². The lowest BCUT2D eigenvalue weighted by Gasteiger charge is -2.36. The zero-order chi connectivity index (χ0) is 22.1. The van der Waals surface area contributed by atoms with Crippen LogP contribution in [0, 0.1) is 0 Å². The van der Waals surface area contributed by atoms with Crippen molar-refractivity contribution in [2.24, 2.45) is 4.99 Å². The van der Waals surface area contributed by atoms with Gasteiger partial charge in [0.25, 0.3) is 0 Å². The lowest BCUT2D eigenvalue weighted by molar-refractivity contribution is -0.123. The molecule has 0 radical (unpaired) electrons. The number of benzene rings is 1. The SMILES string of the molecule is CCNC(=NCC1CCCN1Cc1ccccc1)N1CCN(CC(=O)NC(C)C)CC1.I. The maximum atomic E-state index is 12.0. The van der Waals surface area contributed by atoms with E-state index in [1.165, 1.54) is 18.4 Å². The summed E-state index contributed by atoms with van der Waals surface area (Å²) in [6, 6.07) is 11.4. The number of aliphatic imine (C=N–C) groups is 1. The Morgan fingerprint density at radius 2 is 1.84 bits per heavy atom. The third-order valence-corrected chi connectivity index (χ3v) is 6.00. The van der Waals surface area contributed by atoms with Crippen LogP contribution in [-0.4, -0.2) is 91.0 Å². The monoisotopic (exact) mass is 556 g/mol. The quantitative estimate of drug-likeness (QED) is 0.293. The third-order valence-electron chi connectivity index (χ3n) is 6.00. The van der Waals surface area contributed by atoms with E-state index in [2.05, 4.69) is 62.6 Å². The van der Waals surface area contributed by atoms with Crippen LogP contribution < -0.4 is 10.6 Å². The summed E-state index contributed by atoms with van der Waals surface area (Å²) < 4.78 is 0. The summed E-state index contributed by atoms with van der Waals surface area (Å²) in [6.45, 7) is 14.1. The highest BCUT2D eigenvalue weighted by Crippen LogP contribution is 2.20. The molecule has 0 aliphatic carbocycles. The Morgan fingerprint density at radius 1 is 1.12 bits per heavy atom. The molecule has 0 spiro atoms. The van der Waals surface area contributed by atoms with E-state index in [0.717, 1.165) is 58.3 Å². The Hall–Kier alpha value is -1.39. The van der Waals surface area contributed by atoms with Gasteiger partial charge >= 0.3 is 0 Å². The van der Waals surface area contributed by atoms with Gasteiger partial charge in [-0.3, -0.25) is 19.6 Å². The second-order valence-electron chi connectivity index (χ2n) is 8.93. The Bertz CT molecular complexity index is 706. The van der Waals surface area contributed by atoms with E-state index < -0.39 is 0 Å². The van der Waals surface area contributed by atoms with Crippen molar-refractivity contribution >= 4 is 35.8 Å². The molecule has 1 amide bonds. The van der Waals surface area contributed by atoms with Gasteiger partial charge in [-0.15, -0.1) is 24.0 Å². The van der Waals surface area contributed by atoms with E-state index >= 15 is 0 Å². The second kappa shape index (κ2) is 14.0. The van der Waals surface area contributed by atoms with Crippen molar-refractivity contribution in [1.82, 2.24) is 25.3 Å². The largest absolute Gasteiger partial charge is 0.357 e. The number of rotatable bonds is 8. The number of nitrogens with one attached hydrogen (secondary N) is 2. The summed E-state index contributed by atoms with van der Waals surface area (Å²) >= 11 is 0. The lowest BCUT2D eigenvalue weighted by atomic mass is 10.2. The van der Waals surface area contributed by atoms with Crippen LogP contribution in [0.1, 0.15) is 39.2 Å². The van der Waals surface area contributed by atoms with Gasteiger partial charge in [-0.05, 0) is 45.7 Å². The molecule has 1 unspecified atom stereocenters. The first-order valence-electron chi connectivity index (χ1n) is 11.9. The van der Waals surface area contributed by atoms with E-state index in [1.54, 1.807) is 0 Å². The van der Waals surface area contributed by atoms with Crippen molar-refractivity contribution in [3.05, 3.63) is 35.9 Å². The normalized spacial score (nSPS) is 20.3. The maximum Gasteiger partial charge on any atom is 0.234 e. The average molecular weight is 557 g/mol. The third kappa shape index (κ3) is 8.51. The van der Waals surface area contributed by atoms with E-state index in [-0.39, 0.29) is 35.9 Å². The van der Waals surface area contributed by atoms with Gasteiger partial charge in [0.1, 0.15) is 0 Å². The van der Waals surface area contributed by atoms with E-state index in [9.17, 15) is 4.79 Å². The van der Waals surface area contributed by atoms with Crippen molar-refractivity contribution in [3.8, 4) is 0 Å². The standard InChI is InChI=1S/C24H40N6O.HI/c1-4-25-24(29-15-13-28(14-16-29)19-23(31)27-20(2)3)26-17-22-11-8-12-30(22)18-21-9-6-5-7-10-21;/h5-7,9-10,20,22H,4,8,11-19H2,1-3H3,(H,25,26)(H,27,31);1H. The van der Waals surface area contributed by atoms with Crippen LogP contribution in [0.15, 0.2) is 35.3 Å². The zero-order valence-corrected chi connectivity index (χ0v) is 22.3. The molecule has 0 bridgehead atoms. The number of guanidine groups is 1. The fourth-order valence-corrected chi connectivity index (χ4v) is 4.43. The summed E-state index contributed by atoms with van der Waals surface area (Å²) in [7, 11) is 0. The molecule has 32 heavy (non-hydrogen) atoms. The summed E-state index contributed by atoms with van der Waals surface area (Å²) in [5.41, 5.74) is 1.38. The Morgan fingerprint density at radius 3 is 2.50 bits per heavy atom. The van der Waals surface area contributed by atoms with Gasteiger partial charge in [0.15, 0.2) is 5.96 Å². The molecule has 1 aromatic rings. The zero-order valence-electron chi connectivity index (χ0n) is 19.9. The average Bonchev–Trinajstić information content (AvgIpc) is 3.19. The van der Waals surface area contributed by atoms with Gasteiger partial charge in [-0.2, -0.15) is 0 Å².